The van der Waals surface area contributed by atoms with Gasteiger partial charge in [0.15, 0.2) is 0 Å². The summed E-state index contributed by atoms with van der Waals surface area (Å²) in [6.45, 7) is 4.19. The van der Waals surface area contributed by atoms with Gasteiger partial charge in [-0.2, -0.15) is 0 Å². The number of esters is 1. The molecule has 0 aliphatic heterocycles. The van der Waals surface area contributed by atoms with Crippen LogP contribution in [0, 0.1) is 0 Å². The third-order valence-corrected chi connectivity index (χ3v) is 8.63. The number of rotatable bonds is 35. The Bertz CT molecular complexity index is 763. The van der Waals surface area contributed by atoms with Crippen LogP contribution in [0.4, 0.5) is 0 Å². The Balaban J connectivity index is 4.14. The molecule has 46 heavy (non-hydrogen) atoms. The predicted octanol–water partition coefficient (Wildman–Crippen LogP) is 11.6. The molecule has 0 aromatic carbocycles. The van der Waals surface area contributed by atoms with Crippen LogP contribution in [0.3, 0.4) is 0 Å². The van der Waals surface area contributed by atoms with E-state index in [1.807, 2.05) is 0 Å². The van der Waals surface area contributed by atoms with Gasteiger partial charge in [0.2, 0.25) is 5.91 Å². The van der Waals surface area contributed by atoms with Crippen LogP contribution in [0.2, 0.25) is 0 Å². The van der Waals surface area contributed by atoms with Gasteiger partial charge in [-0.15, -0.1) is 0 Å². The lowest BCUT2D eigenvalue weighted by Crippen LogP contribution is -2.28. The molecule has 0 aromatic heterocycles. The molecular weight excluding hydrogens is 574 g/mol. The van der Waals surface area contributed by atoms with Crippen LogP contribution >= 0.6 is 0 Å². The minimum absolute atomic E-state index is 0.0248. The Labute approximate surface area is 284 Å². The molecule has 268 valence electrons. The molecule has 0 spiro atoms. The summed E-state index contributed by atoms with van der Waals surface area (Å²) in [4.78, 5) is 34.9. The number of unbranched alkanes of at least 4 members (excludes halogenated alkanes) is 20. The summed E-state index contributed by atoms with van der Waals surface area (Å²) >= 11 is 0. The Morgan fingerprint density at radius 2 is 1.00 bits per heavy atom. The minimum Gasteiger partial charge on any atom is -0.480 e. The number of carboxylic acids is 1. The number of hydrogen-bond donors (Lipinski definition) is 2. The zero-order chi connectivity index (χ0) is 33.8. The van der Waals surface area contributed by atoms with E-state index in [9.17, 15) is 14.4 Å². The van der Waals surface area contributed by atoms with Gasteiger partial charge in [-0.25, -0.2) is 0 Å². The first-order valence-corrected chi connectivity index (χ1v) is 19.5. The second-order valence-electron chi connectivity index (χ2n) is 13.2. The Morgan fingerprint density at radius 3 is 1.54 bits per heavy atom. The fraction of sp³-hybridized carbons (Fsp3) is 0.825. The molecule has 6 nitrogen and oxygen atoms in total. The van der Waals surface area contributed by atoms with E-state index in [-0.39, 0.29) is 24.5 Å². The van der Waals surface area contributed by atoms with Crippen LogP contribution in [-0.4, -0.2) is 35.6 Å². The predicted molar refractivity (Wildman–Crippen MR) is 194 cm³/mol. The second kappa shape index (κ2) is 35.7. The van der Waals surface area contributed by atoms with Crippen LogP contribution in [-0.2, 0) is 19.1 Å². The summed E-state index contributed by atoms with van der Waals surface area (Å²) in [7, 11) is 0. The minimum atomic E-state index is -1.02. The number of aliphatic carboxylic acids is 1. The SMILES string of the molecule is CCCCC/C=C\C/C=C\CCCCCCCC(=O)OC(CCCCCCCCCCC)CCCCCCCC(=O)NCC(=O)O. The third-order valence-electron chi connectivity index (χ3n) is 8.63. The van der Waals surface area contributed by atoms with Crippen LogP contribution in [0.25, 0.3) is 0 Å². The molecule has 1 atom stereocenters. The van der Waals surface area contributed by atoms with Gasteiger partial charge >= 0.3 is 11.9 Å². The highest BCUT2D eigenvalue weighted by atomic mass is 16.5. The van der Waals surface area contributed by atoms with Crippen LogP contribution in [0.5, 0.6) is 0 Å². The maximum Gasteiger partial charge on any atom is 0.322 e. The number of carbonyl (C=O) groups excluding carboxylic acids is 2. The summed E-state index contributed by atoms with van der Waals surface area (Å²) in [6.07, 6.45) is 41.5. The highest BCUT2D eigenvalue weighted by Crippen LogP contribution is 2.19. The van der Waals surface area contributed by atoms with Gasteiger partial charge in [0.25, 0.3) is 0 Å². The van der Waals surface area contributed by atoms with Gasteiger partial charge in [0.1, 0.15) is 12.6 Å². The number of carboxylic acid groups (broad SMARTS) is 1. The maximum atomic E-state index is 12.7. The average Bonchev–Trinajstić information content (AvgIpc) is 3.04. The largest absolute Gasteiger partial charge is 0.480 e. The molecule has 1 amide bonds. The van der Waals surface area contributed by atoms with Gasteiger partial charge in [-0.3, -0.25) is 14.4 Å². The van der Waals surface area contributed by atoms with Crippen molar-refractivity contribution in [1.82, 2.24) is 5.32 Å². The zero-order valence-corrected chi connectivity index (χ0v) is 30.2. The van der Waals surface area contributed by atoms with Crippen molar-refractivity contribution in [3.8, 4) is 0 Å². The number of amides is 1. The molecule has 0 aliphatic rings. The van der Waals surface area contributed by atoms with Crippen LogP contribution in [0.1, 0.15) is 200 Å². The zero-order valence-electron chi connectivity index (χ0n) is 30.2. The standard InChI is InChI=1S/C40H73NO5/c1-3-5-7-9-11-13-14-15-16-17-18-20-22-27-31-35-40(45)46-37(32-28-24-21-19-12-10-8-6-4-2)33-29-25-23-26-30-34-38(42)41-36-39(43)44/h11,13,15-16,37H,3-10,12,14,17-36H2,1-2H3,(H,41,42)(H,43,44)/b13-11-,16-15-. The molecule has 0 saturated carbocycles. The highest BCUT2D eigenvalue weighted by Gasteiger charge is 2.14. The van der Waals surface area contributed by atoms with Crippen LogP contribution < -0.4 is 5.32 Å². The van der Waals surface area contributed by atoms with E-state index in [0.717, 1.165) is 77.0 Å². The second-order valence-corrected chi connectivity index (χ2v) is 13.2. The van der Waals surface area contributed by atoms with Gasteiger partial charge in [0.05, 0.1) is 0 Å². The number of hydrogen-bond acceptors (Lipinski definition) is 4. The fourth-order valence-electron chi connectivity index (χ4n) is 5.72. The van der Waals surface area contributed by atoms with Crippen molar-refractivity contribution in [3.05, 3.63) is 24.3 Å². The molecule has 0 aliphatic carbocycles. The monoisotopic (exact) mass is 648 g/mol. The topological polar surface area (TPSA) is 92.7 Å². The lowest BCUT2D eigenvalue weighted by molar-refractivity contribution is -0.150. The number of allylic oxidation sites excluding steroid dienone is 4. The van der Waals surface area contributed by atoms with Gasteiger partial charge < -0.3 is 15.2 Å². The highest BCUT2D eigenvalue weighted by molar-refractivity contribution is 5.80. The normalized spacial score (nSPS) is 12.2. The quantitative estimate of drug-likeness (QED) is 0.0405. The molecule has 0 aromatic rings. The molecule has 1 unspecified atom stereocenters. The molecule has 0 heterocycles. The lowest BCUT2D eigenvalue weighted by Gasteiger charge is -2.18. The van der Waals surface area contributed by atoms with Crippen molar-refractivity contribution in [2.75, 3.05) is 6.54 Å². The first kappa shape index (κ1) is 43.9. The number of nitrogens with one attached hydrogen (secondary N) is 1. The van der Waals surface area contributed by atoms with E-state index < -0.39 is 5.97 Å². The van der Waals surface area contributed by atoms with E-state index in [0.29, 0.717) is 12.8 Å². The van der Waals surface area contributed by atoms with Gasteiger partial charge in [-0.1, -0.05) is 141 Å². The van der Waals surface area contributed by atoms with Gasteiger partial charge in [-0.05, 0) is 70.6 Å². The smallest absolute Gasteiger partial charge is 0.322 e. The first-order chi connectivity index (χ1) is 22.5. The Morgan fingerprint density at radius 1 is 0.565 bits per heavy atom. The van der Waals surface area contributed by atoms with E-state index >= 15 is 0 Å². The summed E-state index contributed by atoms with van der Waals surface area (Å²) in [5, 5.41) is 11.1. The van der Waals surface area contributed by atoms with E-state index in [2.05, 4.69) is 43.5 Å². The molecule has 2 N–H and O–H groups in total. The van der Waals surface area contributed by atoms with Gasteiger partial charge in [0, 0.05) is 12.8 Å². The maximum absolute atomic E-state index is 12.7. The van der Waals surface area contributed by atoms with E-state index in [1.54, 1.807) is 0 Å². The van der Waals surface area contributed by atoms with Crippen molar-refractivity contribution in [2.45, 2.75) is 206 Å². The molecule has 0 rings (SSSR count). The van der Waals surface area contributed by atoms with Crippen LogP contribution in [0.15, 0.2) is 24.3 Å². The summed E-state index contributed by atoms with van der Waals surface area (Å²) in [5.74, 6) is -1.24. The lowest BCUT2D eigenvalue weighted by atomic mass is 10.0. The molecular formula is C40H73NO5. The fourth-order valence-corrected chi connectivity index (χ4v) is 5.72. The molecule has 6 heteroatoms. The molecule has 0 saturated heterocycles. The van der Waals surface area contributed by atoms with Crippen molar-refractivity contribution < 1.29 is 24.2 Å². The Hall–Kier alpha value is -2.11. The summed E-state index contributed by atoms with van der Waals surface area (Å²) in [6, 6.07) is 0. The van der Waals surface area contributed by atoms with Crippen molar-refractivity contribution in [1.29, 1.82) is 0 Å². The molecule has 0 bridgehead atoms. The first-order valence-electron chi connectivity index (χ1n) is 19.5. The van der Waals surface area contributed by atoms with Crippen molar-refractivity contribution >= 4 is 17.8 Å². The number of carbonyl (C=O) groups is 3. The summed E-state index contributed by atoms with van der Waals surface area (Å²) < 4.78 is 5.99. The van der Waals surface area contributed by atoms with Crippen molar-refractivity contribution in [3.63, 3.8) is 0 Å². The molecule has 0 fully saturated rings. The summed E-state index contributed by atoms with van der Waals surface area (Å²) in [5.41, 5.74) is 0. The van der Waals surface area contributed by atoms with Crippen molar-refractivity contribution in [2.24, 2.45) is 0 Å². The Kier molecular flexibility index (Phi) is 34.1. The van der Waals surface area contributed by atoms with E-state index in [4.69, 9.17) is 9.84 Å². The third kappa shape index (κ3) is 34.8. The number of ether oxygens (including phenoxy) is 1. The average molecular weight is 648 g/mol. The van der Waals surface area contributed by atoms with E-state index in [1.165, 1.54) is 96.3 Å². The molecule has 0 radical (unpaired) electrons.